The average Bonchev–Trinajstić information content (AvgIpc) is 2.05. The van der Waals surface area contributed by atoms with Crippen LogP contribution < -0.4 is 11.1 Å². The van der Waals surface area contributed by atoms with Gasteiger partial charge in [-0.3, -0.25) is 4.79 Å². The third-order valence-corrected chi connectivity index (χ3v) is 2.14. The Labute approximate surface area is 73.1 Å². The molecule has 1 heterocycles. The van der Waals surface area contributed by atoms with Crippen molar-refractivity contribution < 1.29 is 4.79 Å². The lowest BCUT2D eigenvalue weighted by molar-refractivity contribution is -0.131. The highest BCUT2D eigenvalue weighted by atomic mass is 16.2. The quantitative estimate of drug-likeness (QED) is 0.569. The number of carbonyl (C=O) groups excluding carboxylic acids is 1. The fourth-order valence-corrected chi connectivity index (χ4v) is 1.50. The van der Waals surface area contributed by atoms with Crippen LogP contribution in [0.25, 0.3) is 0 Å². The van der Waals surface area contributed by atoms with E-state index in [1.54, 1.807) is 7.05 Å². The van der Waals surface area contributed by atoms with Gasteiger partial charge in [0.2, 0.25) is 5.91 Å². The summed E-state index contributed by atoms with van der Waals surface area (Å²) >= 11 is 0. The molecule has 4 heteroatoms. The molecular formula is C8H17N3O. The normalized spacial score (nSPS) is 24.2. The minimum atomic E-state index is 0.160. The molecule has 0 radical (unpaired) electrons. The van der Waals surface area contributed by atoms with Gasteiger partial charge >= 0.3 is 0 Å². The van der Waals surface area contributed by atoms with Gasteiger partial charge in [-0.05, 0) is 19.9 Å². The van der Waals surface area contributed by atoms with Crippen LogP contribution in [0.4, 0.5) is 0 Å². The highest BCUT2D eigenvalue weighted by molar-refractivity contribution is 5.78. The van der Waals surface area contributed by atoms with E-state index < -0.39 is 0 Å². The van der Waals surface area contributed by atoms with E-state index in [1.807, 2.05) is 4.90 Å². The maximum atomic E-state index is 11.4. The smallest absolute Gasteiger partial charge is 0.236 e. The van der Waals surface area contributed by atoms with Crippen molar-refractivity contribution in [3.8, 4) is 0 Å². The molecule has 1 aliphatic heterocycles. The molecule has 0 aromatic carbocycles. The Morgan fingerprint density at radius 3 is 3.08 bits per heavy atom. The molecule has 1 atom stereocenters. The van der Waals surface area contributed by atoms with Crippen molar-refractivity contribution in [2.24, 2.45) is 5.73 Å². The van der Waals surface area contributed by atoms with Crippen molar-refractivity contribution in [3.05, 3.63) is 0 Å². The Balaban J connectivity index is 2.35. The van der Waals surface area contributed by atoms with Crippen LogP contribution in [0.15, 0.2) is 0 Å². The van der Waals surface area contributed by atoms with Gasteiger partial charge in [-0.25, -0.2) is 0 Å². The Morgan fingerprint density at radius 1 is 1.75 bits per heavy atom. The van der Waals surface area contributed by atoms with Gasteiger partial charge in [0, 0.05) is 19.1 Å². The number of piperidine rings is 1. The molecule has 0 bridgehead atoms. The zero-order valence-electron chi connectivity index (χ0n) is 7.55. The van der Waals surface area contributed by atoms with Gasteiger partial charge < -0.3 is 16.0 Å². The van der Waals surface area contributed by atoms with Crippen molar-refractivity contribution in [3.63, 3.8) is 0 Å². The van der Waals surface area contributed by atoms with Gasteiger partial charge in [-0.2, -0.15) is 0 Å². The number of carbonyl (C=O) groups is 1. The average molecular weight is 171 g/mol. The highest BCUT2D eigenvalue weighted by Gasteiger charge is 2.19. The monoisotopic (exact) mass is 171 g/mol. The number of nitrogens with zero attached hydrogens (tertiary/aromatic N) is 1. The number of nitrogens with one attached hydrogen (secondary N) is 1. The fourth-order valence-electron chi connectivity index (χ4n) is 1.50. The molecule has 0 saturated carbocycles. The number of rotatable bonds is 2. The van der Waals surface area contributed by atoms with Gasteiger partial charge in [0.25, 0.3) is 0 Å². The largest absolute Gasteiger partial charge is 0.340 e. The zero-order chi connectivity index (χ0) is 8.97. The topological polar surface area (TPSA) is 58.4 Å². The van der Waals surface area contributed by atoms with E-state index in [-0.39, 0.29) is 11.9 Å². The van der Waals surface area contributed by atoms with Crippen LogP contribution in [0.1, 0.15) is 12.8 Å². The summed E-state index contributed by atoms with van der Waals surface area (Å²) in [4.78, 5) is 13.2. The van der Waals surface area contributed by atoms with E-state index in [4.69, 9.17) is 5.73 Å². The summed E-state index contributed by atoms with van der Waals surface area (Å²) in [5, 5.41) is 2.85. The second kappa shape index (κ2) is 4.42. The minimum Gasteiger partial charge on any atom is -0.340 e. The van der Waals surface area contributed by atoms with Crippen LogP contribution >= 0.6 is 0 Å². The van der Waals surface area contributed by atoms with E-state index in [9.17, 15) is 4.79 Å². The summed E-state index contributed by atoms with van der Waals surface area (Å²) in [6.07, 6.45) is 2.08. The van der Waals surface area contributed by atoms with Crippen LogP contribution in [0.2, 0.25) is 0 Å². The SMILES string of the molecule is CNCC(=O)N1CCC[C@@H](N)C1. The molecule has 1 saturated heterocycles. The number of hydrogen-bond acceptors (Lipinski definition) is 3. The first kappa shape index (κ1) is 9.48. The summed E-state index contributed by atoms with van der Waals surface area (Å²) in [6, 6.07) is 0.180. The second-order valence-corrected chi connectivity index (χ2v) is 3.27. The van der Waals surface area contributed by atoms with Gasteiger partial charge in [0.05, 0.1) is 6.54 Å². The van der Waals surface area contributed by atoms with E-state index >= 15 is 0 Å². The molecule has 12 heavy (non-hydrogen) atoms. The molecule has 0 spiro atoms. The summed E-state index contributed by atoms with van der Waals surface area (Å²) in [6.45, 7) is 2.02. The lowest BCUT2D eigenvalue weighted by atomic mass is 10.1. The molecule has 0 aromatic rings. The molecule has 70 valence electrons. The minimum absolute atomic E-state index is 0.160. The van der Waals surface area contributed by atoms with Gasteiger partial charge in [0.15, 0.2) is 0 Å². The van der Waals surface area contributed by atoms with Gasteiger partial charge in [-0.1, -0.05) is 0 Å². The number of nitrogens with two attached hydrogens (primary N) is 1. The number of likely N-dealkylation sites (tertiary alicyclic amines) is 1. The van der Waals surface area contributed by atoms with Crippen LogP contribution in [-0.2, 0) is 4.79 Å². The number of amides is 1. The zero-order valence-corrected chi connectivity index (χ0v) is 7.55. The summed E-state index contributed by atoms with van der Waals surface area (Å²) < 4.78 is 0. The van der Waals surface area contributed by atoms with Crippen molar-refractivity contribution in [1.82, 2.24) is 10.2 Å². The second-order valence-electron chi connectivity index (χ2n) is 3.27. The Kier molecular flexibility index (Phi) is 3.49. The van der Waals surface area contributed by atoms with E-state index in [1.165, 1.54) is 0 Å². The van der Waals surface area contributed by atoms with E-state index in [0.29, 0.717) is 6.54 Å². The molecule has 3 N–H and O–H groups in total. The predicted molar refractivity (Wildman–Crippen MR) is 47.7 cm³/mol. The summed E-state index contributed by atoms with van der Waals surface area (Å²) in [5.41, 5.74) is 5.74. The lowest BCUT2D eigenvalue weighted by Crippen LogP contribution is -2.48. The Morgan fingerprint density at radius 2 is 2.50 bits per heavy atom. The molecule has 0 unspecified atom stereocenters. The van der Waals surface area contributed by atoms with Crippen LogP contribution in [0, 0.1) is 0 Å². The van der Waals surface area contributed by atoms with Crippen molar-refractivity contribution in [1.29, 1.82) is 0 Å². The molecule has 1 rings (SSSR count). The highest BCUT2D eigenvalue weighted by Crippen LogP contribution is 2.07. The van der Waals surface area contributed by atoms with E-state index in [0.717, 1.165) is 25.9 Å². The lowest BCUT2D eigenvalue weighted by Gasteiger charge is -2.30. The summed E-state index contributed by atoms with van der Waals surface area (Å²) in [5.74, 6) is 0.160. The van der Waals surface area contributed by atoms with Crippen molar-refractivity contribution in [2.45, 2.75) is 18.9 Å². The maximum Gasteiger partial charge on any atom is 0.236 e. The Hall–Kier alpha value is -0.610. The van der Waals surface area contributed by atoms with Crippen molar-refractivity contribution >= 4 is 5.91 Å². The Bertz CT molecular complexity index is 160. The molecule has 1 fully saturated rings. The standard InChI is InChI=1S/C8H17N3O/c1-10-5-8(12)11-4-2-3-7(9)6-11/h7,10H,2-6,9H2,1H3/t7-/m1/s1. The van der Waals surface area contributed by atoms with E-state index in [2.05, 4.69) is 5.32 Å². The number of likely N-dealkylation sites (N-methyl/N-ethyl adjacent to an activating group) is 1. The fraction of sp³-hybridized carbons (Fsp3) is 0.875. The predicted octanol–water partition coefficient (Wildman–Crippen LogP) is -0.844. The van der Waals surface area contributed by atoms with Crippen LogP contribution in [0.5, 0.6) is 0 Å². The van der Waals surface area contributed by atoms with Crippen molar-refractivity contribution in [2.75, 3.05) is 26.7 Å². The molecular weight excluding hydrogens is 154 g/mol. The first-order valence-corrected chi connectivity index (χ1v) is 4.42. The maximum absolute atomic E-state index is 11.4. The summed E-state index contributed by atoms with van der Waals surface area (Å²) in [7, 11) is 1.78. The molecule has 4 nitrogen and oxygen atoms in total. The van der Waals surface area contributed by atoms with Crippen LogP contribution in [-0.4, -0.2) is 43.5 Å². The first-order valence-electron chi connectivity index (χ1n) is 4.42. The third kappa shape index (κ3) is 2.46. The number of hydrogen-bond donors (Lipinski definition) is 2. The van der Waals surface area contributed by atoms with Gasteiger partial charge in [0.1, 0.15) is 0 Å². The molecule has 1 amide bonds. The molecule has 0 aromatic heterocycles. The molecule has 1 aliphatic rings. The first-order chi connectivity index (χ1) is 5.74. The van der Waals surface area contributed by atoms with Gasteiger partial charge in [-0.15, -0.1) is 0 Å². The third-order valence-electron chi connectivity index (χ3n) is 2.14. The van der Waals surface area contributed by atoms with Crippen LogP contribution in [0.3, 0.4) is 0 Å². The molecule has 0 aliphatic carbocycles.